The molecule has 1 aromatic rings. The summed E-state index contributed by atoms with van der Waals surface area (Å²) in [6, 6.07) is 4.73. The van der Waals surface area contributed by atoms with Crippen molar-refractivity contribution in [2.75, 3.05) is 44.3 Å². The molecule has 0 aromatic heterocycles. The number of alkyl halides is 1. The van der Waals surface area contributed by atoms with Crippen LogP contribution in [-0.4, -0.2) is 67.9 Å². The number of nitrogens with zero attached hydrogens (tertiary/aromatic N) is 3. The molecule has 0 unspecified atom stereocenters. The molecule has 2 amide bonds. The number of piperazine rings is 1. The topological polar surface area (TPSA) is 74.2 Å². The molecule has 1 aromatic carbocycles. The Bertz CT molecular complexity index is 756. The number of amides is 2. The van der Waals surface area contributed by atoms with E-state index in [9.17, 15) is 18.4 Å². The Morgan fingerprint density at radius 2 is 2.22 bits per heavy atom. The standard InChI is InChI=1S/C18H22F2N4O3/c1-12(25)21-10-14-9-16(22-27-14)13-2-3-17(15(20)8-13)24-7-6-23(5-4-19)18(26)11-24/h2-3,8,14H,4-7,9-11H2,1H3,(H,21,25)/t14-/m0/s1. The van der Waals surface area contributed by atoms with Gasteiger partial charge in [-0.25, -0.2) is 8.78 Å². The molecule has 0 spiro atoms. The van der Waals surface area contributed by atoms with Crippen LogP contribution >= 0.6 is 0 Å². The minimum Gasteiger partial charge on any atom is -0.390 e. The Labute approximate surface area is 155 Å². The van der Waals surface area contributed by atoms with E-state index in [0.717, 1.165) is 0 Å². The quantitative estimate of drug-likeness (QED) is 0.801. The molecule has 0 radical (unpaired) electrons. The molecule has 0 saturated carbocycles. The minimum atomic E-state index is -0.581. The summed E-state index contributed by atoms with van der Waals surface area (Å²) >= 11 is 0. The molecule has 146 valence electrons. The summed E-state index contributed by atoms with van der Waals surface area (Å²) in [6.07, 6.45) is 0.201. The minimum absolute atomic E-state index is 0.0269. The van der Waals surface area contributed by atoms with Crippen LogP contribution in [0.5, 0.6) is 0 Å². The van der Waals surface area contributed by atoms with Crippen molar-refractivity contribution >= 4 is 23.2 Å². The van der Waals surface area contributed by atoms with Crippen molar-refractivity contribution in [3.05, 3.63) is 29.6 Å². The Kier molecular flexibility index (Phi) is 5.88. The fourth-order valence-electron chi connectivity index (χ4n) is 3.16. The third-order valence-corrected chi connectivity index (χ3v) is 4.61. The van der Waals surface area contributed by atoms with Crippen LogP contribution in [-0.2, 0) is 14.4 Å². The van der Waals surface area contributed by atoms with Gasteiger partial charge in [0, 0.05) is 38.5 Å². The highest BCUT2D eigenvalue weighted by Gasteiger charge is 2.27. The first kappa shape index (κ1) is 19.1. The molecule has 3 rings (SSSR count). The maximum Gasteiger partial charge on any atom is 0.242 e. The van der Waals surface area contributed by atoms with Crippen LogP contribution in [0.4, 0.5) is 14.5 Å². The number of halogens is 2. The van der Waals surface area contributed by atoms with E-state index in [2.05, 4.69) is 10.5 Å². The lowest BCUT2D eigenvalue weighted by molar-refractivity contribution is -0.131. The van der Waals surface area contributed by atoms with Gasteiger partial charge in [-0.15, -0.1) is 0 Å². The molecule has 1 atom stereocenters. The van der Waals surface area contributed by atoms with Crippen LogP contribution < -0.4 is 10.2 Å². The lowest BCUT2D eigenvalue weighted by atomic mass is 10.0. The average molecular weight is 380 g/mol. The molecule has 2 heterocycles. The van der Waals surface area contributed by atoms with Gasteiger partial charge in [0.15, 0.2) is 0 Å². The van der Waals surface area contributed by atoms with E-state index in [-0.39, 0.29) is 31.0 Å². The molecule has 9 heteroatoms. The summed E-state index contributed by atoms with van der Waals surface area (Å²) < 4.78 is 27.1. The number of carbonyl (C=O) groups is 2. The summed E-state index contributed by atoms with van der Waals surface area (Å²) in [6.45, 7) is 2.11. The number of carbonyl (C=O) groups excluding carboxylic acids is 2. The number of oxime groups is 1. The second-order valence-corrected chi connectivity index (χ2v) is 6.56. The number of benzene rings is 1. The smallest absolute Gasteiger partial charge is 0.242 e. The van der Waals surface area contributed by atoms with Crippen LogP contribution in [0, 0.1) is 5.82 Å². The third-order valence-electron chi connectivity index (χ3n) is 4.61. The highest BCUT2D eigenvalue weighted by atomic mass is 19.1. The summed E-state index contributed by atoms with van der Waals surface area (Å²) in [5, 5.41) is 6.64. The van der Waals surface area contributed by atoms with Gasteiger partial charge in [-0.2, -0.15) is 0 Å². The Balaban J connectivity index is 1.63. The van der Waals surface area contributed by atoms with Crippen molar-refractivity contribution in [3.63, 3.8) is 0 Å². The van der Waals surface area contributed by atoms with Gasteiger partial charge in [-0.05, 0) is 12.1 Å². The molecule has 0 aliphatic carbocycles. The predicted octanol–water partition coefficient (Wildman–Crippen LogP) is 1.07. The average Bonchev–Trinajstić information content (AvgIpc) is 3.11. The first-order valence-corrected chi connectivity index (χ1v) is 8.83. The molecule has 27 heavy (non-hydrogen) atoms. The summed E-state index contributed by atoms with van der Waals surface area (Å²) in [4.78, 5) is 31.4. The zero-order valence-corrected chi connectivity index (χ0v) is 15.1. The maximum absolute atomic E-state index is 14.6. The summed E-state index contributed by atoms with van der Waals surface area (Å²) in [5.41, 5.74) is 1.55. The van der Waals surface area contributed by atoms with Crippen molar-refractivity contribution in [2.45, 2.75) is 19.4 Å². The van der Waals surface area contributed by atoms with Gasteiger partial charge in [-0.1, -0.05) is 11.2 Å². The molecule has 0 bridgehead atoms. The third kappa shape index (κ3) is 4.53. The summed E-state index contributed by atoms with van der Waals surface area (Å²) in [5.74, 6) is -0.812. The molecule has 1 N–H and O–H groups in total. The fraction of sp³-hybridized carbons (Fsp3) is 0.500. The number of anilines is 1. The van der Waals surface area contributed by atoms with Gasteiger partial charge in [0.05, 0.1) is 24.5 Å². The first-order chi connectivity index (χ1) is 13.0. The monoisotopic (exact) mass is 380 g/mol. The van der Waals surface area contributed by atoms with Gasteiger partial charge >= 0.3 is 0 Å². The lowest BCUT2D eigenvalue weighted by Gasteiger charge is -2.35. The van der Waals surface area contributed by atoms with E-state index in [0.29, 0.717) is 43.0 Å². The highest BCUT2D eigenvalue weighted by molar-refractivity contribution is 6.01. The van der Waals surface area contributed by atoms with E-state index in [4.69, 9.17) is 4.84 Å². The Hall–Kier alpha value is -2.71. The zero-order chi connectivity index (χ0) is 19.4. The largest absolute Gasteiger partial charge is 0.390 e. The van der Waals surface area contributed by atoms with Crippen molar-refractivity contribution < 1.29 is 23.2 Å². The van der Waals surface area contributed by atoms with Gasteiger partial charge < -0.3 is 20.0 Å². The molecule has 7 nitrogen and oxygen atoms in total. The van der Waals surface area contributed by atoms with E-state index in [1.807, 2.05) is 0 Å². The van der Waals surface area contributed by atoms with E-state index in [1.165, 1.54) is 17.9 Å². The number of nitrogens with one attached hydrogen (secondary N) is 1. The predicted molar refractivity (Wildman–Crippen MR) is 95.9 cm³/mol. The van der Waals surface area contributed by atoms with Crippen LogP contribution in [0.15, 0.2) is 23.4 Å². The van der Waals surface area contributed by atoms with Crippen molar-refractivity contribution in [1.82, 2.24) is 10.2 Å². The number of hydrogen-bond donors (Lipinski definition) is 1. The fourth-order valence-corrected chi connectivity index (χ4v) is 3.16. The van der Waals surface area contributed by atoms with Crippen molar-refractivity contribution in [2.24, 2.45) is 5.16 Å². The molecule has 1 saturated heterocycles. The second-order valence-electron chi connectivity index (χ2n) is 6.56. The second kappa shape index (κ2) is 8.32. The highest BCUT2D eigenvalue weighted by Crippen LogP contribution is 2.25. The van der Waals surface area contributed by atoms with E-state index >= 15 is 0 Å². The molecular weight excluding hydrogens is 358 g/mol. The zero-order valence-electron chi connectivity index (χ0n) is 15.1. The maximum atomic E-state index is 14.6. The van der Waals surface area contributed by atoms with Crippen LogP contribution in [0.1, 0.15) is 18.9 Å². The van der Waals surface area contributed by atoms with E-state index in [1.54, 1.807) is 17.0 Å². The van der Waals surface area contributed by atoms with Crippen LogP contribution in [0.25, 0.3) is 0 Å². The van der Waals surface area contributed by atoms with E-state index < -0.39 is 12.5 Å². The van der Waals surface area contributed by atoms with Crippen LogP contribution in [0.3, 0.4) is 0 Å². The van der Waals surface area contributed by atoms with Gasteiger partial charge in [0.25, 0.3) is 0 Å². The lowest BCUT2D eigenvalue weighted by Crippen LogP contribution is -2.51. The molecular formula is C18H22F2N4O3. The van der Waals surface area contributed by atoms with Gasteiger partial charge in [0.1, 0.15) is 18.6 Å². The van der Waals surface area contributed by atoms with Crippen LogP contribution in [0.2, 0.25) is 0 Å². The van der Waals surface area contributed by atoms with Crippen molar-refractivity contribution in [1.29, 1.82) is 0 Å². The number of rotatable bonds is 6. The van der Waals surface area contributed by atoms with Gasteiger partial charge in [0.2, 0.25) is 11.8 Å². The van der Waals surface area contributed by atoms with Gasteiger partial charge in [-0.3, -0.25) is 9.59 Å². The first-order valence-electron chi connectivity index (χ1n) is 8.83. The van der Waals surface area contributed by atoms with Crippen molar-refractivity contribution in [3.8, 4) is 0 Å². The molecule has 2 aliphatic heterocycles. The Morgan fingerprint density at radius 1 is 1.41 bits per heavy atom. The molecule has 1 fully saturated rings. The Morgan fingerprint density at radius 3 is 2.89 bits per heavy atom. The molecule has 2 aliphatic rings. The summed E-state index contributed by atoms with van der Waals surface area (Å²) in [7, 11) is 0. The normalized spacial score (nSPS) is 19.7. The number of hydrogen-bond acceptors (Lipinski definition) is 5. The SMILES string of the molecule is CC(=O)NC[C@@H]1CC(c2ccc(N3CCN(CCF)C(=O)C3)c(F)c2)=NO1.